The van der Waals surface area contributed by atoms with E-state index in [4.69, 9.17) is 0 Å². The molecule has 0 spiro atoms. The fraction of sp³-hybridized carbons (Fsp3) is 0.0435. The minimum Gasteiger partial charge on any atom is -0.267 e. The minimum absolute atomic E-state index is 0.109. The first-order chi connectivity index (χ1) is 13.1. The van der Waals surface area contributed by atoms with E-state index in [0.717, 1.165) is 27.0 Å². The van der Waals surface area contributed by atoms with E-state index in [1.54, 1.807) is 0 Å². The van der Waals surface area contributed by atoms with Gasteiger partial charge in [-0.1, -0.05) is 70.5 Å². The second kappa shape index (κ2) is 7.33. The van der Waals surface area contributed by atoms with E-state index in [1.807, 2.05) is 67.6 Å². The molecule has 0 aromatic heterocycles. The molecule has 0 fully saturated rings. The predicted octanol–water partition coefficient (Wildman–Crippen LogP) is 5.92. The summed E-state index contributed by atoms with van der Waals surface area (Å²) in [4.78, 5) is 12.8. The Bertz CT molecular complexity index is 1040. The van der Waals surface area contributed by atoms with Gasteiger partial charge in [0.1, 0.15) is 0 Å². The molecule has 0 N–H and O–H groups in total. The number of anilines is 1. The molecule has 3 aromatic rings. The van der Waals surface area contributed by atoms with E-state index >= 15 is 0 Å². The predicted molar refractivity (Wildman–Crippen MR) is 115 cm³/mol. The SMILES string of the molecule is CC1=NN(c2ccc(Br)cc2)C(=O)C1=Cc1ccc(-c2ccccc2)cc1. The van der Waals surface area contributed by atoms with Gasteiger partial charge in [-0.2, -0.15) is 10.1 Å². The van der Waals surface area contributed by atoms with Gasteiger partial charge in [0.2, 0.25) is 0 Å². The zero-order valence-corrected chi connectivity index (χ0v) is 16.3. The topological polar surface area (TPSA) is 32.7 Å². The first kappa shape index (κ1) is 17.4. The van der Waals surface area contributed by atoms with Gasteiger partial charge in [0.25, 0.3) is 5.91 Å². The molecular formula is C23H17BrN2O. The van der Waals surface area contributed by atoms with Crippen molar-refractivity contribution in [3.8, 4) is 11.1 Å². The van der Waals surface area contributed by atoms with Crippen LogP contribution in [0.25, 0.3) is 17.2 Å². The third-order valence-corrected chi connectivity index (χ3v) is 4.99. The number of hydrogen-bond donors (Lipinski definition) is 0. The molecule has 0 bridgehead atoms. The van der Waals surface area contributed by atoms with Gasteiger partial charge < -0.3 is 0 Å². The number of rotatable bonds is 3. The highest BCUT2D eigenvalue weighted by Crippen LogP contribution is 2.27. The lowest BCUT2D eigenvalue weighted by Crippen LogP contribution is -2.21. The molecule has 4 heteroatoms. The van der Waals surface area contributed by atoms with Crippen molar-refractivity contribution in [1.29, 1.82) is 0 Å². The lowest BCUT2D eigenvalue weighted by Gasteiger charge is -2.11. The summed E-state index contributed by atoms with van der Waals surface area (Å²) in [5.74, 6) is -0.109. The van der Waals surface area contributed by atoms with Crippen LogP contribution < -0.4 is 5.01 Å². The van der Waals surface area contributed by atoms with Crippen LogP contribution in [0.5, 0.6) is 0 Å². The summed E-state index contributed by atoms with van der Waals surface area (Å²) in [6.07, 6.45) is 1.90. The van der Waals surface area contributed by atoms with E-state index < -0.39 is 0 Å². The monoisotopic (exact) mass is 416 g/mol. The number of hydrazone groups is 1. The molecule has 0 saturated carbocycles. The third-order valence-electron chi connectivity index (χ3n) is 4.46. The lowest BCUT2D eigenvalue weighted by atomic mass is 10.0. The van der Waals surface area contributed by atoms with Gasteiger partial charge in [0, 0.05) is 4.47 Å². The molecule has 0 unspecified atom stereocenters. The van der Waals surface area contributed by atoms with Gasteiger partial charge in [0.05, 0.1) is 17.0 Å². The molecule has 4 rings (SSSR count). The smallest absolute Gasteiger partial charge is 0.267 e. The van der Waals surface area contributed by atoms with Crippen LogP contribution in [0.15, 0.2) is 94.0 Å². The van der Waals surface area contributed by atoms with Crippen molar-refractivity contribution >= 4 is 39.3 Å². The molecule has 1 amide bonds. The van der Waals surface area contributed by atoms with Crippen LogP contribution in [0.2, 0.25) is 0 Å². The van der Waals surface area contributed by atoms with Crippen molar-refractivity contribution in [2.75, 3.05) is 5.01 Å². The summed E-state index contributed by atoms with van der Waals surface area (Å²) in [6.45, 7) is 1.86. The Labute approximate surface area is 166 Å². The van der Waals surface area contributed by atoms with Gasteiger partial charge >= 0.3 is 0 Å². The maximum absolute atomic E-state index is 12.8. The number of halogens is 1. The highest BCUT2D eigenvalue weighted by atomic mass is 79.9. The van der Waals surface area contributed by atoms with E-state index in [9.17, 15) is 4.79 Å². The van der Waals surface area contributed by atoms with Crippen LogP contribution >= 0.6 is 15.9 Å². The standard InChI is InChI=1S/C23H17BrN2O/c1-16-22(23(27)26(25-16)21-13-11-20(24)12-14-21)15-17-7-9-19(10-8-17)18-5-3-2-4-6-18/h2-15H,1H3. The van der Waals surface area contributed by atoms with Crippen LogP contribution in [-0.2, 0) is 4.79 Å². The molecule has 27 heavy (non-hydrogen) atoms. The maximum atomic E-state index is 12.8. The largest absolute Gasteiger partial charge is 0.280 e. The quantitative estimate of drug-likeness (QED) is 0.487. The molecule has 0 aliphatic carbocycles. The van der Waals surface area contributed by atoms with E-state index in [2.05, 4.69) is 45.3 Å². The van der Waals surface area contributed by atoms with E-state index in [1.165, 1.54) is 10.6 Å². The molecule has 3 nitrogen and oxygen atoms in total. The summed E-state index contributed by atoms with van der Waals surface area (Å²) in [6, 6.07) is 26.0. The average molecular weight is 417 g/mol. The Morgan fingerprint density at radius 3 is 2.15 bits per heavy atom. The van der Waals surface area contributed by atoms with Gasteiger partial charge in [-0.15, -0.1) is 0 Å². The Morgan fingerprint density at radius 1 is 0.852 bits per heavy atom. The van der Waals surface area contributed by atoms with Crippen LogP contribution in [0.3, 0.4) is 0 Å². The Kier molecular flexibility index (Phi) is 4.73. The zero-order valence-electron chi connectivity index (χ0n) is 14.8. The molecule has 1 heterocycles. The van der Waals surface area contributed by atoms with Crippen molar-refractivity contribution in [3.63, 3.8) is 0 Å². The minimum atomic E-state index is -0.109. The van der Waals surface area contributed by atoms with Crippen molar-refractivity contribution in [3.05, 3.63) is 94.5 Å². The summed E-state index contributed by atoms with van der Waals surface area (Å²) in [7, 11) is 0. The lowest BCUT2D eigenvalue weighted by molar-refractivity contribution is -0.114. The summed E-state index contributed by atoms with van der Waals surface area (Å²) >= 11 is 3.41. The molecule has 0 atom stereocenters. The second-order valence-electron chi connectivity index (χ2n) is 6.32. The Balaban J connectivity index is 1.60. The van der Waals surface area contributed by atoms with Crippen molar-refractivity contribution in [2.24, 2.45) is 5.10 Å². The molecule has 132 valence electrons. The number of hydrogen-bond acceptors (Lipinski definition) is 2. The van der Waals surface area contributed by atoms with Crippen LogP contribution in [0.1, 0.15) is 12.5 Å². The van der Waals surface area contributed by atoms with Gasteiger partial charge in [-0.25, -0.2) is 0 Å². The van der Waals surface area contributed by atoms with Gasteiger partial charge in [0.15, 0.2) is 0 Å². The summed E-state index contributed by atoms with van der Waals surface area (Å²) < 4.78 is 0.966. The number of amides is 1. The molecular weight excluding hydrogens is 400 g/mol. The summed E-state index contributed by atoms with van der Waals surface area (Å²) in [5.41, 5.74) is 5.39. The van der Waals surface area contributed by atoms with Crippen molar-refractivity contribution < 1.29 is 4.79 Å². The fourth-order valence-corrected chi connectivity index (χ4v) is 3.27. The van der Waals surface area contributed by atoms with Crippen LogP contribution in [-0.4, -0.2) is 11.6 Å². The number of carbonyl (C=O) groups excluding carboxylic acids is 1. The fourth-order valence-electron chi connectivity index (χ4n) is 3.01. The van der Waals surface area contributed by atoms with Gasteiger partial charge in [-0.3, -0.25) is 4.79 Å². The van der Waals surface area contributed by atoms with E-state index in [-0.39, 0.29) is 5.91 Å². The van der Waals surface area contributed by atoms with Crippen LogP contribution in [0, 0.1) is 0 Å². The van der Waals surface area contributed by atoms with Crippen molar-refractivity contribution in [2.45, 2.75) is 6.92 Å². The third kappa shape index (κ3) is 3.62. The average Bonchev–Trinajstić information content (AvgIpc) is 2.98. The van der Waals surface area contributed by atoms with E-state index in [0.29, 0.717) is 5.57 Å². The van der Waals surface area contributed by atoms with Gasteiger partial charge in [-0.05, 0) is 54.0 Å². The maximum Gasteiger partial charge on any atom is 0.280 e. The second-order valence-corrected chi connectivity index (χ2v) is 7.24. The Hall–Kier alpha value is -2.98. The highest BCUT2D eigenvalue weighted by Gasteiger charge is 2.28. The zero-order chi connectivity index (χ0) is 18.8. The highest BCUT2D eigenvalue weighted by molar-refractivity contribution is 9.10. The first-order valence-corrected chi connectivity index (χ1v) is 9.44. The number of carbonyl (C=O) groups is 1. The Morgan fingerprint density at radius 2 is 1.48 bits per heavy atom. The first-order valence-electron chi connectivity index (χ1n) is 8.64. The number of benzene rings is 3. The van der Waals surface area contributed by atoms with Crippen molar-refractivity contribution in [1.82, 2.24) is 0 Å². The summed E-state index contributed by atoms with van der Waals surface area (Å²) in [5, 5.41) is 5.88. The molecule has 0 saturated heterocycles. The normalized spacial score (nSPS) is 15.3. The molecule has 1 aliphatic heterocycles. The molecule has 0 radical (unpaired) electrons. The molecule has 1 aliphatic rings. The molecule has 3 aromatic carbocycles. The number of nitrogens with zero attached hydrogens (tertiary/aromatic N) is 2. The van der Waals surface area contributed by atoms with Crippen LogP contribution in [0.4, 0.5) is 5.69 Å².